The van der Waals surface area contributed by atoms with Crippen LogP contribution in [0.15, 0.2) is 29.2 Å². The van der Waals surface area contributed by atoms with Crippen LogP contribution in [0.4, 0.5) is 5.69 Å². The minimum atomic E-state index is -3.39. The third-order valence-electron chi connectivity index (χ3n) is 2.97. The third kappa shape index (κ3) is 2.78. The maximum atomic E-state index is 12.4. The van der Waals surface area contributed by atoms with Crippen LogP contribution < -0.4 is 5.73 Å². The Bertz CT molecular complexity index is 717. The van der Waals surface area contributed by atoms with E-state index in [0.717, 1.165) is 5.69 Å². The average molecular weight is 279 g/mol. The summed E-state index contributed by atoms with van der Waals surface area (Å²) in [4.78, 5) is 0.320. The van der Waals surface area contributed by atoms with Crippen LogP contribution in [0.1, 0.15) is 17.0 Å². The van der Waals surface area contributed by atoms with Crippen LogP contribution in [0.3, 0.4) is 0 Å². The van der Waals surface area contributed by atoms with Gasteiger partial charge < -0.3 is 5.73 Å². The van der Waals surface area contributed by atoms with Gasteiger partial charge in [-0.15, -0.1) is 0 Å². The molecule has 19 heavy (non-hydrogen) atoms. The molecule has 2 N–H and O–H groups in total. The minimum Gasteiger partial charge on any atom is -0.399 e. The van der Waals surface area contributed by atoms with Crippen LogP contribution in [0.2, 0.25) is 0 Å². The van der Waals surface area contributed by atoms with Crippen LogP contribution in [0.5, 0.6) is 0 Å². The number of nitrogens with zero attached hydrogens (tertiary/aromatic N) is 2. The molecule has 6 heteroatoms. The summed E-state index contributed by atoms with van der Waals surface area (Å²) in [5.74, 6) is -0.0604. The summed E-state index contributed by atoms with van der Waals surface area (Å²) in [6.07, 6.45) is 0. The Morgan fingerprint density at radius 3 is 2.47 bits per heavy atom. The van der Waals surface area contributed by atoms with Gasteiger partial charge in [-0.3, -0.25) is 4.68 Å². The van der Waals surface area contributed by atoms with Gasteiger partial charge in [0.25, 0.3) is 0 Å². The molecule has 2 aromatic rings. The fraction of sp³-hybridized carbons (Fsp3) is 0.308. The number of aromatic nitrogens is 2. The van der Waals surface area contributed by atoms with Crippen LogP contribution in [-0.4, -0.2) is 18.2 Å². The van der Waals surface area contributed by atoms with E-state index >= 15 is 0 Å². The fourth-order valence-electron chi connectivity index (χ4n) is 2.09. The molecule has 0 fully saturated rings. The molecule has 0 radical (unpaired) electrons. The van der Waals surface area contributed by atoms with Gasteiger partial charge in [0.15, 0.2) is 9.84 Å². The zero-order valence-corrected chi connectivity index (χ0v) is 12.0. The first kappa shape index (κ1) is 13.6. The van der Waals surface area contributed by atoms with Gasteiger partial charge in [0.2, 0.25) is 0 Å². The van der Waals surface area contributed by atoms with Gasteiger partial charge in [-0.1, -0.05) is 0 Å². The smallest absolute Gasteiger partial charge is 0.184 e. The Kier molecular flexibility index (Phi) is 3.36. The molecular formula is C13H17N3O2S. The van der Waals surface area contributed by atoms with E-state index in [1.54, 1.807) is 42.9 Å². The molecule has 0 amide bonds. The highest BCUT2D eigenvalue weighted by atomic mass is 32.2. The topological polar surface area (TPSA) is 78.0 Å². The zero-order valence-electron chi connectivity index (χ0n) is 11.2. The SMILES string of the molecule is Cc1cc(CS(=O)(=O)c2ccc(N)cc2C)n(C)n1. The Hall–Kier alpha value is -1.82. The van der Waals surface area contributed by atoms with Crippen molar-refractivity contribution in [1.29, 1.82) is 0 Å². The van der Waals surface area contributed by atoms with E-state index in [9.17, 15) is 8.42 Å². The number of sulfone groups is 1. The van der Waals surface area contributed by atoms with E-state index in [1.807, 2.05) is 6.92 Å². The van der Waals surface area contributed by atoms with Gasteiger partial charge in [0, 0.05) is 12.7 Å². The summed E-state index contributed by atoms with van der Waals surface area (Å²) in [6.45, 7) is 3.59. The van der Waals surface area contributed by atoms with Crippen molar-refractivity contribution in [3.05, 3.63) is 41.2 Å². The minimum absolute atomic E-state index is 0.0604. The molecule has 0 aliphatic rings. The van der Waals surface area contributed by atoms with Crippen molar-refractivity contribution in [2.75, 3.05) is 5.73 Å². The van der Waals surface area contributed by atoms with Crippen LogP contribution >= 0.6 is 0 Å². The maximum Gasteiger partial charge on any atom is 0.184 e. The lowest BCUT2D eigenvalue weighted by atomic mass is 10.2. The van der Waals surface area contributed by atoms with Gasteiger partial charge in [-0.2, -0.15) is 5.10 Å². The number of nitrogen functional groups attached to an aromatic ring is 1. The summed E-state index contributed by atoms with van der Waals surface area (Å²) < 4.78 is 26.4. The van der Waals surface area contributed by atoms with Crippen molar-refractivity contribution >= 4 is 15.5 Å². The molecule has 0 aliphatic heterocycles. The van der Waals surface area contributed by atoms with Crippen LogP contribution in [-0.2, 0) is 22.6 Å². The molecule has 0 spiro atoms. The lowest BCUT2D eigenvalue weighted by Gasteiger charge is -2.08. The molecule has 0 aliphatic carbocycles. The van der Waals surface area contributed by atoms with E-state index in [-0.39, 0.29) is 5.75 Å². The Morgan fingerprint density at radius 1 is 1.26 bits per heavy atom. The number of rotatable bonds is 3. The Labute approximate surface area is 113 Å². The van der Waals surface area contributed by atoms with E-state index in [0.29, 0.717) is 21.8 Å². The standard InChI is InChI=1S/C13H17N3O2S/c1-9-6-11(14)4-5-13(9)19(17,18)8-12-7-10(2)15-16(12)3/h4-7H,8,14H2,1-3H3. The van der Waals surface area contributed by atoms with Crippen LogP contribution in [0.25, 0.3) is 0 Å². The van der Waals surface area contributed by atoms with Gasteiger partial charge in [0.1, 0.15) is 0 Å². The fourth-order valence-corrected chi connectivity index (χ4v) is 3.73. The lowest BCUT2D eigenvalue weighted by Crippen LogP contribution is -2.10. The van der Waals surface area contributed by atoms with Gasteiger partial charge in [0.05, 0.1) is 22.0 Å². The maximum absolute atomic E-state index is 12.4. The summed E-state index contributed by atoms with van der Waals surface area (Å²) >= 11 is 0. The number of nitrogens with two attached hydrogens (primary N) is 1. The van der Waals surface area contributed by atoms with Crippen molar-refractivity contribution in [2.24, 2.45) is 7.05 Å². The predicted octanol–water partition coefficient (Wildman–Crippen LogP) is 1.59. The molecule has 102 valence electrons. The second-order valence-electron chi connectivity index (χ2n) is 4.68. The summed E-state index contributed by atoms with van der Waals surface area (Å²) in [5, 5.41) is 4.16. The van der Waals surface area contributed by atoms with E-state index in [1.165, 1.54) is 0 Å². The molecule has 5 nitrogen and oxygen atoms in total. The third-order valence-corrected chi connectivity index (χ3v) is 4.77. The van der Waals surface area contributed by atoms with Gasteiger partial charge >= 0.3 is 0 Å². The summed E-state index contributed by atoms with van der Waals surface area (Å²) in [6, 6.07) is 6.61. The van der Waals surface area contributed by atoms with Gasteiger partial charge in [-0.05, 0) is 43.7 Å². The Morgan fingerprint density at radius 2 is 1.95 bits per heavy atom. The number of aryl methyl sites for hydroxylation is 3. The molecule has 0 unspecified atom stereocenters. The van der Waals surface area contributed by atoms with Crippen molar-refractivity contribution in [2.45, 2.75) is 24.5 Å². The molecule has 1 aromatic heterocycles. The zero-order chi connectivity index (χ0) is 14.2. The first-order valence-corrected chi connectivity index (χ1v) is 7.53. The van der Waals surface area contributed by atoms with Crippen LogP contribution in [0, 0.1) is 13.8 Å². The monoisotopic (exact) mass is 279 g/mol. The lowest BCUT2D eigenvalue weighted by molar-refractivity contribution is 0.591. The van der Waals surface area contributed by atoms with E-state index in [2.05, 4.69) is 5.10 Å². The summed E-state index contributed by atoms with van der Waals surface area (Å²) in [7, 11) is -1.64. The second kappa shape index (κ2) is 4.70. The second-order valence-corrected chi connectivity index (χ2v) is 6.64. The summed E-state index contributed by atoms with van der Waals surface area (Å²) in [5.41, 5.74) is 8.35. The number of hydrogen-bond acceptors (Lipinski definition) is 4. The van der Waals surface area contributed by atoms with Gasteiger partial charge in [-0.25, -0.2) is 8.42 Å². The van der Waals surface area contributed by atoms with E-state index < -0.39 is 9.84 Å². The number of anilines is 1. The largest absolute Gasteiger partial charge is 0.399 e. The highest BCUT2D eigenvalue weighted by Crippen LogP contribution is 2.22. The molecule has 0 saturated heterocycles. The first-order valence-electron chi connectivity index (χ1n) is 5.88. The van der Waals surface area contributed by atoms with Crippen molar-refractivity contribution in [1.82, 2.24) is 9.78 Å². The molecule has 2 rings (SSSR count). The highest BCUT2D eigenvalue weighted by Gasteiger charge is 2.20. The Balaban J connectivity index is 2.40. The quantitative estimate of drug-likeness (QED) is 0.865. The molecular weight excluding hydrogens is 262 g/mol. The van der Waals surface area contributed by atoms with Crippen molar-refractivity contribution < 1.29 is 8.42 Å². The first-order chi connectivity index (χ1) is 8.79. The van der Waals surface area contributed by atoms with Crippen molar-refractivity contribution in [3.63, 3.8) is 0 Å². The molecule has 0 saturated carbocycles. The molecule has 0 atom stereocenters. The normalized spacial score (nSPS) is 11.7. The molecule has 0 bridgehead atoms. The molecule has 1 heterocycles. The predicted molar refractivity (Wildman–Crippen MR) is 74.4 cm³/mol. The number of hydrogen-bond donors (Lipinski definition) is 1. The van der Waals surface area contributed by atoms with Crippen molar-refractivity contribution in [3.8, 4) is 0 Å². The highest BCUT2D eigenvalue weighted by molar-refractivity contribution is 7.90. The molecule has 1 aromatic carbocycles. The average Bonchev–Trinajstić information content (AvgIpc) is 2.55. The number of benzene rings is 1. The van der Waals surface area contributed by atoms with E-state index in [4.69, 9.17) is 5.73 Å².